The van der Waals surface area contributed by atoms with Gasteiger partial charge in [-0.1, -0.05) is 41.9 Å². The van der Waals surface area contributed by atoms with Crippen LogP contribution in [0.15, 0.2) is 53.0 Å². The van der Waals surface area contributed by atoms with Gasteiger partial charge in [0.1, 0.15) is 11.8 Å². The smallest absolute Gasteiger partial charge is 0.261 e. The third kappa shape index (κ3) is 7.97. The van der Waals surface area contributed by atoms with Gasteiger partial charge in [0.15, 0.2) is 6.61 Å². The van der Waals surface area contributed by atoms with E-state index in [1.54, 1.807) is 11.8 Å². The minimum absolute atomic E-state index is 0.129. The molecule has 0 saturated heterocycles. The number of carbonyl (C=O) groups is 2. The number of benzene rings is 2. The van der Waals surface area contributed by atoms with Crippen molar-refractivity contribution >= 4 is 50.3 Å². The van der Waals surface area contributed by atoms with Gasteiger partial charge in [-0.3, -0.25) is 9.59 Å². The third-order valence-electron chi connectivity index (χ3n) is 4.27. The van der Waals surface area contributed by atoms with E-state index in [1.807, 2.05) is 62.4 Å². The molecule has 29 heavy (non-hydrogen) atoms. The summed E-state index contributed by atoms with van der Waals surface area (Å²) in [5, 5.41) is 2.91. The number of ether oxygens (including phenoxy) is 1. The summed E-state index contributed by atoms with van der Waals surface area (Å²) in [6, 6.07) is 14.6. The molecule has 2 rings (SSSR count). The largest absolute Gasteiger partial charge is 0.484 e. The molecule has 1 N–H and O–H groups in total. The standard InChI is InChI=1S/C22H26BrIN2O3/c1-15(2)12-25-22(28)16(3)26(13-17-5-4-6-18(23)11-17)21(27)14-29-20-9-7-19(24)8-10-20/h4-11,15-16H,12-14H2,1-3H3,(H,25,28)/t16-/m1/s1. The number of amides is 2. The first-order chi connectivity index (χ1) is 13.8. The molecule has 2 aromatic rings. The predicted molar refractivity (Wildman–Crippen MR) is 127 cm³/mol. The van der Waals surface area contributed by atoms with Crippen molar-refractivity contribution in [3.05, 3.63) is 62.1 Å². The van der Waals surface area contributed by atoms with Crippen molar-refractivity contribution in [3.63, 3.8) is 0 Å². The van der Waals surface area contributed by atoms with Crippen molar-refractivity contribution in [3.8, 4) is 5.75 Å². The van der Waals surface area contributed by atoms with Crippen LogP contribution in [-0.4, -0.2) is 35.9 Å². The van der Waals surface area contributed by atoms with Gasteiger partial charge in [-0.15, -0.1) is 0 Å². The fourth-order valence-electron chi connectivity index (χ4n) is 2.63. The Balaban J connectivity index is 2.12. The number of hydrogen-bond acceptors (Lipinski definition) is 3. The molecule has 0 aliphatic rings. The summed E-state index contributed by atoms with van der Waals surface area (Å²) < 4.78 is 7.67. The van der Waals surface area contributed by atoms with Crippen LogP contribution in [0.4, 0.5) is 0 Å². The van der Waals surface area contributed by atoms with Crippen molar-refractivity contribution in [2.24, 2.45) is 5.92 Å². The Morgan fingerprint density at radius 3 is 2.45 bits per heavy atom. The van der Waals surface area contributed by atoms with Crippen LogP contribution in [0.3, 0.4) is 0 Å². The van der Waals surface area contributed by atoms with E-state index >= 15 is 0 Å². The molecule has 7 heteroatoms. The molecule has 5 nitrogen and oxygen atoms in total. The minimum atomic E-state index is -0.611. The summed E-state index contributed by atoms with van der Waals surface area (Å²) in [5.41, 5.74) is 0.936. The van der Waals surface area contributed by atoms with Gasteiger partial charge < -0.3 is 15.0 Å². The Morgan fingerprint density at radius 1 is 1.14 bits per heavy atom. The lowest BCUT2D eigenvalue weighted by Gasteiger charge is -2.29. The molecule has 0 bridgehead atoms. The van der Waals surface area contributed by atoms with Crippen molar-refractivity contribution in [2.45, 2.75) is 33.4 Å². The highest BCUT2D eigenvalue weighted by Gasteiger charge is 2.26. The highest BCUT2D eigenvalue weighted by Crippen LogP contribution is 2.17. The van der Waals surface area contributed by atoms with Crippen molar-refractivity contribution in [1.82, 2.24) is 10.2 Å². The van der Waals surface area contributed by atoms with Crippen LogP contribution in [0.2, 0.25) is 0 Å². The highest BCUT2D eigenvalue weighted by atomic mass is 127. The molecule has 2 aromatic carbocycles. The van der Waals surface area contributed by atoms with Crippen LogP contribution in [0.1, 0.15) is 26.3 Å². The maximum absolute atomic E-state index is 13.0. The summed E-state index contributed by atoms with van der Waals surface area (Å²) in [7, 11) is 0. The Kier molecular flexibility index (Phi) is 9.42. The molecule has 1 atom stereocenters. The first-order valence-corrected chi connectivity index (χ1v) is 11.3. The van der Waals surface area contributed by atoms with Crippen LogP contribution in [0.5, 0.6) is 5.75 Å². The lowest BCUT2D eigenvalue weighted by molar-refractivity contribution is -0.142. The first-order valence-electron chi connectivity index (χ1n) is 9.46. The average molecular weight is 573 g/mol. The topological polar surface area (TPSA) is 58.6 Å². The maximum Gasteiger partial charge on any atom is 0.261 e. The highest BCUT2D eigenvalue weighted by molar-refractivity contribution is 14.1. The van der Waals surface area contributed by atoms with E-state index < -0.39 is 6.04 Å². The maximum atomic E-state index is 13.0. The number of nitrogens with zero attached hydrogens (tertiary/aromatic N) is 1. The molecule has 0 radical (unpaired) electrons. The van der Waals surface area contributed by atoms with Crippen LogP contribution in [0, 0.1) is 9.49 Å². The Morgan fingerprint density at radius 2 is 1.83 bits per heavy atom. The molecular formula is C22H26BrIN2O3. The van der Waals surface area contributed by atoms with Crippen LogP contribution in [-0.2, 0) is 16.1 Å². The van der Waals surface area contributed by atoms with Crippen molar-refractivity contribution in [1.29, 1.82) is 0 Å². The van der Waals surface area contributed by atoms with Crippen molar-refractivity contribution < 1.29 is 14.3 Å². The van der Waals surface area contributed by atoms with Gasteiger partial charge in [0.25, 0.3) is 5.91 Å². The zero-order valence-electron chi connectivity index (χ0n) is 16.8. The van der Waals surface area contributed by atoms with Gasteiger partial charge in [0.05, 0.1) is 0 Å². The van der Waals surface area contributed by atoms with E-state index in [0.29, 0.717) is 24.8 Å². The fraction of sp³-hybridized carbons (Fsp3) is 0.364. The first kappa shape index (κ1) is 23.7. The van der Waals surface area contributed by atoms with Gasteiger partial charge in [0.2, 0.25) is 5.91 Å². The second-order valence-corrected chi connectivity index (χ2v) is 9.37. The van der Waals surface area contributed by atoms with E-state index in [2.05, 4.69) is 43.8 Å². The second-order valence-electron chi connectivity index (χ2n) is 7.21. The summed E-state index contributed by atoms with van der Waals surface area (Å²) in [6.07, 6.45) is 0. The van der Waals surface area contributed by atoms with Gasteiger partial charge in [-0.05, 0) is 77.4 Å². The van der Waals surface area contributed by atoms with Crippen LogP contribution >= 0.6 is 38.5 Å². The van der Waals surface area contributed by atoms with E-state index in [-0.39, 0.29) is 18.4 Å². The van der Waals surface area contributed by atoms with Crippen LogP contribution < -0.4 is 10.1 Å². The number of hydrogen-bond donors (Lipinski definition) is 1. The Bertz CT molecular complexity index is 827. The zero-order valence-corrected chi connectivity index (χ0v) is 20.6. The van der Waals surface area contributed by atoms with Gasteiger partial charge in [-0.25, -0.2) is 0 Å². The lowest BCUT2D eigenvalue weighted by atomic mass is 10.1. The number of halogens is 2. The van der Waals surface area contributed by atoms with E-state index in [9.17, 15) is 9.59 Å². The molecule has 0 aromatic heterocycles. The number of rotatable bonds is 9. The molecule has 156 valence electrons. The molecule has 0 fully saturated rings. The monoisotopic (exact) mass is 572 g/mol. The summed E-state index contributed by atoms with van der Waals surface area (Å²) in [4.78, 5) is 27.1. The summed E-state index contributed by atoms with van der Waals surface area (Å²) >= 11 is 5.67. The summed E-state index contributed by atoms with van der Waals surface area (Å²) in [6.45, 7) is 6.58. The molecule has 2 amide bonds. The second kappa shape index (κ2) is 11.5. The van der Waals surface area contributed by atoms with E-state index in [4.69, 9.17) is 4.74 Å². The Hall–Kier alpha value is -1.61. The SMILES string of the molecule is CC(C)CNC(=O)[C@@H](C)N(Cc1cccc(Br)c1)C(=O)COc1ccc(I)cc1. The fourth-order valence-corrected chi connectivity index (χ4v) is 3.43. The lowest BCUT2D eigenvalue weighted by Crippen LogP contribution is -2.49. The molecule has 0 heterocycles. The third-order valence-corrected chi connectivity index (χ3v) is 5.48. The van der Waals surface area contributed by atoms with Crippen LogP contribution in [0.25, 0.3) is 0 Å². The van der Waals surface area contributed by atoms with E-state index in [1.165, 1.54) is 0 Å². The molecule has 0 saturated carbocycles. The zero-order chi connectivity index (χ0) is 21.4. The van der Waals surface area contributed by atoms with Crippen molar-refractivity contribution in [2.75, 3.05) is 13.2 Å². The van der Waals surface area contributed by atoms with Gasteiger partial charge >= 0.3 is 0 Å². The predicted octanol–water partition coefficient (Wildman–Crippen LogP) is 4.62. The molecule has 0 aliphatic carbocycles. The number of carbonyl (C=O) groups excluding carboxylic acids is 2. The summed E-state index contributed by atoms with van der Waals surface area (Å²) in [5.74, 6) is 0.551. The van der Waals surface area contributed by atoms with Gasteiger partial charge in [-0.2, -0.15) is 0 Å². The quantitative estimate of drug-likeness (QED) is 0.446. The average Bonchev–Trinajstić information content (AvgIpc) is 2.69. The number of nitrogens with one attached hydrogen (secondary N) is 1. The molecule has 0 spiro atoms. The Labute approximate surface area is 194 Å². The molecule has 0 unspecified atom stereocenters. The normalized spacial score (nSPS) is 11.8. The minimum Gasteiger partial charge on any atom is -0.484 e. The molecular weight excluding hydrogens is 547 g/mol. The molecule has 0 aliphatic heterocycles. The van der Waals surface area contributed by atoms with E-state index in [0.717, 1.165) is 13.6 Å². The van der Waals surface area contributed by atoms with Gasteiger partial charge in [0, 0.05) is 21.1 Å².